The fourth-order valence-corrected chi connectivity index (χ4v) is 2.46. The molecule has 0 spiro atoms. The number of rotatable bonds is 8. The largest absolute Gasteiger partial charge is 0.493 e. The molecule has 114 valence electrons. The van der Waals surface area contributed by atoms with Crippen molar-refractivity contribution in [3.63, 3.8) is 0 Å². The molecular formula is C16H28N2O2. The van der Waals surface area contributed by atoms with Crippen molar-refractivity contribution in [3.05, 3.63) is 23.8 Å². The van der Waals surface area contributed by atoms with Gasteiger partial charge in [0.05, 0.1) is 14.2 Å². The van der Waals surface area contributed by atoms with Gasteiger partial charge in [0.1, 0.15) is 0 Å². The van der Waals surface area contributed by atoms with Crippen LogP contribution in [0.3, 0.4) is 0 Å². The van der Waals surface area contributed by atoms with E-state index in [2.05, 4.69) is 44.2 Å². The highest BCUT2D eigenvalue weighted by atomic mass is 16.5. The Balaban J connectivity index is 2.66. The Kier molecular flexibility index (Phi) is 6.82. The number of methoxy groups -OCH3 is 2. The maximum Gasteiger partial charge on any atom is 0.165 e. The van der Waals surface area contributed by atoms with Crippen LogP contribution in [0.1, 0.15) is 19.4 Å². The lowest BCUT2D eigenvalue weighted by Gasteiger charge is -2.28. The first-order valence-corrected chi connectivity index (χ1v) is 7.08. The van der Waals surface area contributed by atoms with Gasteiger partial charge in [0.2, 0.25) is 0 Å². The van der Waals surface area contributed by atoms with Gasteiger partial charge >= 0.3 is 0 Å². The van der Waals surface area contributed by atoms with Crippen LogP contribution in [-0.2, 0) is 6.54 Å². The summed E-state index contributed by atoms with van der Waals surface area (Å²) in [5.74, 6) is 2.21. The highest BCUT2D eigenvalue weighted by Gasteiger charge is 2.15. The summed E-state index contributed by atoms with van der Waals surface area (Å²) in [5.41, 5.74) is 1.12. The standard InChI is InChI=1S/C16H28N2O2/c1-12(2)14(18(3)4)11-17-10-13-8-7-9-15(19-5)16(13)20-6/h7-9,12,14,17H,10-11H2,1-6H3. The summed E-state index contributed by atoms with van der Waals surface area (Å²) in [6.07, 6.45) is 0. The van der Waals surface area contributed by atoms with E-state index in [4.69, 9.17) is 9.47 Å². The third-order valence-electron chi connectivity index (χ3n) is 3.59. The van der Waals surface area contributed by atoms with E-state index in [0.29, 0.717) is 12.0 Å². The van der Waals surface area contributed by atoms with Crippen LogP contribution in [0.25, 0.3) is 0 Å². The molecule has 1 rings (SSSR count). The molecule has 1 aromatic rings. The van der Waals surface area contributed by atoms with Gasteiger partial charge in [0.25, 0.3) is 0 Å². The van der Waals surface area contributed by atoms with E-state index >= 15 is 0 Å². The van der Waals surface area contributed by atoms with Crippen molar-refractivity contribution in [2.75, 3.05) is 34.9 Å². The van der Waals surface area contributed by atoms with Crippen molar-refractivity contribution >= 4 is 0 Å². The molecule has 0 fully saturated rings. The zero-order valence-electron chi connectivity index (χ0n) is 13.6. The van der Waals surface area contributed by atoms with Crippen molar-refractivity contribution in [1.82, 2.24) is 10.2 Å². The van der Waals surface area contributed by atoms with E-state index in [9.17, 15) is 0 Å². The first kappa shape index (κ1) is 16.8. The number of para-hydroxylation sites is 1. The van der Waals surface area contributed by atoms with Crippen LogP contribution in [0.4, 0.5) is 0 Å². The molecule has 1 unspecified atom stereocenters. The fourth-order valence-electron chi connectivity index (χ4n) is 2.46. The van der Waals surface area contributed by atoms with Crippen LogP contribution in [0, 0.1) is 5.92 Å². The van der Waals surface area contributed by atoms with Gasteiger partial charge in [-0.25, -0.2) is 0 Å². The van der Waals surface area contributed by atoms with Crippen LogP contribution >= 0.6 is 0 Å². The van der Waals surface area contributed by atoms with Crippen LogP contribution in [0.15, 0.2) is 18.2 Å². The van der Waals surface area contributed by atoms with Gasteiger partial charge in [0.15, 0.2) is 11.5 Å². The summed E-state index contributed by atoms with van der Waals surface area (Å²) in [7, 11) is 7.59. The average Bonchev–Trinajstić information content (AvgIpc) is 2.42. The van der Waals surface area contributed by atoms with Gasteiger partial charge in [-0.2, -0.15) is 0 Å². The molecule has 20 heavy (non-hydrogen) atoms. The number of benzene rings is 1. The first-order valence-electron chi connectivity index (χ1n) is 7.08. The maximum absolute atomic E-state index is 5.44. The highest BCUT2D eigenvalue weighted by molar-refractivity contribution is 5.46. The molecule has 4 heteroatoms. The predicted molar refractivity (Wildman–Crippen MR) is 83.6 cm³/mol. The van der Waals surface area contributed by atoms with E-state index in [0.717, 1.165) is 30.2 Å². The molecule has 0 saturated heterocycles. The summed E-state index contributed by atoms with van der Waals surface area (Å²) in [5, 5.41) is 3.51. The van der Waals surface area contributed by atoms with Gasteiger partial charge in [-0.15, -0.1) is 0 Å². The quantitative estimate of drug-likeness (QED) is 0.793. The van der Waals surface area contributed by atoms with Crippen molar-refractivity contribution in [3.8, 4) is 11.5 Å². The number of nitrogens with one attached hydrogen (secondary N) is 1. The summed E-state index contributed by atoms with van der Waals surface area (Å²) in [4.78, 5) is 2.26. The van der Waals surface area contributed by atoms with Crippen molar-refractivity contribution in [2.45, 2.75) is 26.4 Å². The Labute approximate surface area is 123 Å². The lowest BCUT2D eigenvalue weighted by atomic mass is 10.0. The Morgan fingerprint density at radius 2 is 1.85 bits per heavy atom. The molecule has 0 aliphatic rings. The molecule has 0 bridgehead atoms. The Bertz CT molecular complexity index is 397. The second kappa shape index (κ2) is 8.12. The average molecular weight is 280 g/mol. The van der Waals surface area contributed by atoms with E-state index in [1.54, 1.807) is 14.2 Å². The fraction of sp³-hybridized carbons (Fsp3) is 0.625. The van der Waals surface area contributed by atoms with E-state index < -0.39 is 0 Å². The van der Waals surface area contributed by atoms with Gasteiger partial charge in [-0.1, -0.05) is 26.0 Å². The van der Waals surface area contributed by atoms with Crippen molar-refractivity contribution < 1.29 is 9.47 Å². The second-order valence-electron chi connectivity index (χ2n) is 5.56. The molecule has 4 nitrogen and oxygen atoms in total. The zero-order valence-corrected chi connectivity index (χ0v) is 13.6. The van der Waals surface area contributed by atoms with Gasteiger partial charge < -0.3 is 19.7 Å². The summed E-state index contributed by atoms with van der Waals surface area (Å²) in [6, 6.07) is 6.49. The van der Waals surface area contributed by atoms with Gasteiger partial charge in [-0.3, -0.25) is 0 Å². The topological polar surface area (TPSA) is 33.7 Å². The Hall–Kier alpha value is -1.26. The Morgan fingerprint density at radius 3 is 2.35 bits per heavy atom. The third kappa shape index (κ3) is 4.39. The minimum absolute atomic E-state index is 0.520. The van der Waals surface area contributed by atoms with Crippen LogP contribution in [0.2, 0.25) is 0 Å². The monoisotopic (exact) mass is 280 g/mol. The van der Waals surface area contributed by atoms with Crippen LogP contribution in [-0.4, -0.2) is 45.8 Å². The molecule has 1 N–H and O–H groups in total. The minimum Gasteiger partial charge on any atom is -0.493 e. The zero-order chi connectivity index (χ0) is 15.1. The van der Waals surface area contributed by atoms with E-state index in [1.807, 2.05) is 12.1 Å². The highest BCUT2D eigenvalue weighted by Crippen LogP contribution is 2.30. The first-order chi connectivity index (χ1) is 9.51. The third-order valence-corrected chi connectivity index (χ3v) is 3.59. The van der Waals surface area contributed by atoms with Gasteiger partial charge in [0, 0.05) is 24.7 Å². The second-order valence-corrected chi connectivity index (χ2v) is 5.56. The maximum atomic E-state index is 5.44. The van der Waals surface area contributed by atoms with E-state index in [1.165, 1.54) is 0 Å². The number of hydrogen-bond donors (Lipinski definition) is 1. The SMILES string of the molecule is COc1cccc(CNCC(C(C)C)N(C)C)c1OC. The minimum atomic E-state index is 0.520. The van der Waals surface area contributed by atoms with E-state index in [-0.39, 0.29) is 0 Å². The molecular weight excluding hydrogens is 252 g/mol. The van der Waals surface area contributed by atoms with Crippen LogP contribution < -0.4 is 14.8 Å². The smallest absolute Gasteiger partial charge is 0.165 e. The molecule has 0 aromatic heterocycles. The molecule has 0 radical (unpaired) electrons. The predicted octanol–water partition coefficient (Wildman–Crippen LogP) is 2.38. The summed E-state index contributed by atoms with van der Waals surface area (Å²) >= 11 is 0. The number of hydrogen-bond acceptors (Lipinski definition) is 4. The number of nitrogens with zero attached hydrogens (tertiary/aromatic N) is 1. The normalized spacial score (nSPS) is 12.8. The lowest BCUT2D eigenvalue weighted by molar-refractivity contribution is 0.224. The lowest BCUT2D eigenvalue weighted by Crippen LogP contribution is -2.41. The Morgan fingerprint density at radius 1 is 1.15 bits per heavy atom. The number of ether oxygens (including phenoxy) is 2. The van der Waals surface area contributed by atoms with Crippen LogP contribution in [0.5, 0.6) is 11.5 Å². The molecule has 0 amide bonds. The molecule has 0 saturated carbocycles. The summed E-state index contributed by atoms with van der Waals surface area (Å²) in [6.45, 7) is 6.22. The molecule has 0 aliphatic heterocycles. The van der Waals surface area contributed by atoms with Crippen molar-refractivity contribution in [1.29, 1.82) is 0 Å². The molecule has 1 aromatic carbocycles. The van der Waals surface area contributed by atoms with Gasteiger partial charge in [-0.05, 0) is 26.1 Å². The van der Waals surface area contributed by atoms with Crippen molar-refractivity contribution in [2.24, 2.45) is 5.92 Å². The number of likely N-dealkylation sites (N-methyl/N-ethyl adjacent to an activating group) is 1. The molecule has 0 heterocycles. The molecule has 0 aliphatic carbocycles. The molecule has 1 atom stereocenters. The summed E-state index contributed by atoms with van der Waals surface area (Å²) < 4.78 is 10.8.